The third-order valence-corrected chi connectivity index (χ3v) is 24.0. The van der Waals surface area contributed by atoms with Gasteiger partial charge in [0.2, 0.25) is 0 Å². The van der Waals surface area contributed by atoms with Gasteiger partial charge >= 0.3 is 0 Å². The molecule has 0 N–H and O–H groups in total. The van der Waals surface area contributed by atoms with Crippen molar-refractivity contribution in [2.45, 2.75) is 163 Å². The van der Waals surface area contributed by atoms with Crippen molar-refractivity contribution in [3.63, 3.8) is 0 Å². The Labute approximate surface area is 441 Å². The molecule has 352 valence electrons. The molecule has 4 aromatic rings. The fourth-order valence-corrected chi connectivity index (χ4v) is 19.8. The van der Waals surface area contributed by atoms with Crippen LogP contribution < -0.4 is 0 Å². The number of thioether (sulfide) groups is 8. The summed E-state index contributed by atoms with van der Waals surface area (Å²) in [5, 5.41) is 0. The summed E-state index contributed by atoms with van der Waals surface area (Å²) < 4.78 is 0. The number of fused-ring (bicyclic) bond motifs is 8. The topological polar surface area (TPSA) is 0 Å². The highest BCUT2D eigenvalue weighted by molar-refractivity contribution is 8.08. The lowest BCUT2D eigenvalue weighted by Gasteiger charge is -2.28. The quantitative estimate of drug-likeness (QED) is 0.0683. The zero-order valence-corrected chi connectivity index (χ0v) is 51.0. The second-order valence-corrected chi connectivity index (χ2v) is 32.7. The first-order valence-electron chi connectivity index (χ1n) is 22.0. The molecule has 1 aliphatic heterocycles. The molecule has 8 bridgehead atoms. The fourth-order valence-electron chi connectivity index (χ4n) is 6.60. The van der Waals surface area contributed by atoms with E-state index in [1.807, 2.05) is 94.1 Å². The molecule has 12 heteroatoms. The average Bonchev–Trinajstić information content (AvgIpc) is 3.19. The van der Waals surface area contributed by atoms with E-state index in [-0.39, 0.29) is 21.7 Å². The minimum absolute atomic E-state index is 0.0137. The lowest BCUT2D eigenvalue weighted by Crippen LogP contribution is -2.13. The van der Waals surface area contributed by atoms with Gasteiger partial charge in [-0.3, -0.25) is 0 Å². The Morgan fingerprint density at radius 2 is 0.438 bits per heavy atom. The maximum atomic E-state index is 2.56. The summed E-state index contributed by atoms with van der Waals surface area (Å²) in [5.41, 5.74) is 5.56. The molecule has 0 atom stereocenters. The van der Waals surface area contributed by atoms with E-state index in [0.29, 0.717) is 0 Å². The summed E-state index contributed by atoms with van der Waals surface area (Å²) in [7, 11) is 0. The number of rotatable bonds is 16. The Balaban J connectivity index is 2.01. The van der Waals surface area contributed by atoms with Gasteiger partial charge in [0.25, 0.3) is 0 Å². The van der Waals surface area contributed by atoms with Crippen molar-refractivity contribution < 1.29 is 0 Å². The Morgan fingerprint density at radius 1 is 0.281 bits per heavy atom. The lowest BCUT2D eigenvalue weighted by molar-refractivity contribution is 0.584. The summed E-state index contributed by atoms with van der Waals surface area (Å²) in [5.74, 6) is 8.81. The van der Waals surface area contributed by atoms with Crippen LogP contribution in [0.15, 0.2) is 107 Å². The van der Waals surface area contributed by atoms with Crippen molar-refractivity contribution in [1.29, 1.82) is 0 Å². The minimum Gasteiger partial charge on any atom is -0.165 e. The minimum atomic E-state index is -0.0137. The highest BCUT2D eigenvalue weighted by Crippen LogP contribution is 2.56. The van der Waals surface area contributed by atoms with Crippen LogP contribution in [0.3, 0.4) is 0 Å². The van der Waals surface area contributed by atoms with Crippen LogP contribution in [0.4, 0.5) is 0 Å². The molecule has 1 aliphatic rings. The van der Waals surface area contributed by atoms with Gasteiger partial charge in [-0.1, -0.05) is 130 Å². The molecule has 1 heterocycles. The summed E-state index contributed by atoms with van der Waals surface area (Å²) in [6.07, 6.45) is 8.98. The molecule has 0 saturated heterocycles. The van der Waals surface area contributed by atoms with Gasteiger partial charge in [-0.2, -0.15) is 47.0 Å². The first-order chi connectivity index (χ1) is 30.1. The van der Waals surface area contributed by atoms with Crippen molar-refractivity contribution in [1.82, 2.24) is 0 Å². The largest absolute Gasteiger partial charge is 0.165 e. The Morgan fingerprint density at radius 3 is 0.562 bits per heavy atom. The molecule has 5 rings (SSSR count). The van der Waals surface area contributed by atoms with Crippen LogP contribution in [-0.2, 0) is 21.7 Å². The van der Waals surface area contributed by atoms with Gasteiger partial charge in [0, 0.05) is 105 Å². The molecule has 0 spiro atoms. The van der Waals surface area contributed by atoms with E-state index >= 15 is 0 Å². The van der Waals surface area contributed by atoms with Gasteiger partial charge in [0.1, 0.15) is 0 Å². The van der Waals surface area contributed by atoms with Crippen molar-refractivity contribution in [2.24, 2.45) is 0 Å². The van der Waals surface area contributed by atoms with Crippen molar-refractivity contribution in [3.8, 4) is 0 Å². The lowest BCUT2D eigenvalue weighted by atomic mass is 9.87. The highest BCUT2D eigenvalue weighted by atomic mass is 32.2. The Bertz CT molecular complexity index is 1780. The second-order valence-electron chi connectivity index (χ2n) is 20.0. The van der Waals surface area contributed by atoms with Gasteiger partial charge in [-0.15, -0.1) is 47.0 Å². The molecule has 0 saturated carbocycles. The van der Waals surface area contributed by atoms with Crippen LogP contribution in [0.1, 0.15) is 105 Å². The number of hydrogen-bond acceptors (Lipinski definition) is 12. The Kier molecular flexibility index (Phi) is 21.8. The Hall–Kier alpha value is 1.08. The first-order valence-corrected chi connectivity index (χ1v) is 34.8. The maximum Gasteiger partial charge on any atom is 0.0352 e. The van der Waals surface area contributed by atoms with Crippen molar-refractivity contribution >= 4 is 141 Å². The van der Waals surface area contributed by atoms with Crippen LogP contribution in [0, 0.1) is 0 Å². The van der Waals surface area contributed by atoms with E-state index in [1.54, 1.807) is 0 Å². The van der Waals surface area contributed by atoms with Crippen LogP contribution in [0.2, 0.25) is 0 Å². The molecule has 0 nitrogen and oxygen atoms in total. The number of benzene rings is 4. The summed E-state index contributed by atoms with van der Waals surface area (Å²) in [4.78, 5) is 16.9. The van der Waals surface area contributed by atoms with Gasteiger partial charge in [0.15, 0.2) is 0 Å². The third kappa shape index (κ3) is 15.5. The molecule has 4 aromatic carbocycles. The zero-order chi connectivity index (χ0) is 47.0. The van der Waals surface area contributed by atoms with Gasteiger partial charge in [0.05, 0.1) is 0 Å². The van der Waals surface area contributed by atoms with E-state index in [9.17, 15) is 0 Å². The molecule has 0 radical (unpaired) electrons. The molecule has 0 aromatic heterocycles. The van der Waals surface area contributed by atoms with Gasteiger partial charge < -0.3 is 0 Å². The molecule has 0 fully saturated rings. The molecule has 0 amide bonds. The predicted octanol–water partition coefficient (Wildman–Crippen LogP) is 19.6. The van der Waals surface area contributed by atoms with Crippen LogP contribution in [0.5, 0.6) is 0 Å². The van der Waals surface area contributed by atoms with Crippen molar-refractivity contribution in [2.75, 3.05) is 71.0 Å². The summed E-state index contributed by atoms with van der Waals surface area (Å²) in [6, 6.07) is 20.5. The molecular weight excluding hydrogens is 1010 g/mol. The van der Waals surface area contributed by atoms with Crippen molar-refractivity contribution in [3.05, 3.63) is 70.8 Å². The smallest absolute Gasteiger partial charge is 0.0352 e. The molecule has 0 aliphatic carbocycles. The zero-order valence-electron chi connectivity index (χ0n) is 41.2. The van der Waals surface area contributed by atoms with E-state index in [4.69, 9.17) is 0 Å². The van der Waals surface area contributed by atoms with Crippen LogP contribution in [-0.4, -0.2) is 71.0 Å². The normalized spacial score (nSPS) is 13.8. The highest BCUT2D eigenvalue weighted by Gasteiger charge is 2.29. The summed E-state index contributed by atoms with van der Waals surface area (Å²) >= 11 is 24.2. The standard InChI is InChI=1S/C52H72S12/c1-49(2,3)33-25-37-45(57-21-17-53-13)38(26-33)62-40-28-35(51(7,8)9)30-42(47(40)59-23-19-55-15)64-44-32-36(52(10,11)12)31-43(48(44)60-24-20-56-16)63-41-29-34(50(4,5)6)27-39(61-37)46(41)58-22-18-54-14/h25-32H,17-24H2,1-16H3. The number of hydrogen-bond donors (Lipinski definition) is 0. The van der Waals surface area contributed by atoms with Gasteiger partial charge in [-0.25, -0.2) is 0 Å². The van der Waals surface area contributed by atoms with Crippen LogP contribution >= 0.6 is 141 Å². The fraction of sp³-hybridized carbons (Fsp3) is 0.538. The van der Waals surface area contributed by atoms with E-state index < -0.39 is 0 Å². The average molecular weight is 1080 g/mol. The SMILES string of the molecule is CSCCSc1c2cc(C(C)(C)C)cc1Sc1cc(C(C)(C)C)cc(c1SCCSC)Sc1cc(C(C)(C)C)cc(c1SCCSC)Sc1cc(C(C)(C)C)cc(c1SCCSC)S2. The molecule has 64 heavy (non-hydrogen) atoms. The monoisotopic (exact) mass is 1080 g/mol. The van der Waals surface area contributed by atoms with E-state index in [1.165, 1.54) is 81.0 Å². The summed E-state index contributed by atoms with van der Waals surface area (Å²) in [6.45, 7) is 28.7. The van der Waals surface area contributed by atoms with Crippen LogP contribution in [0.25, 0.3) is 0 Å². The third-order valence-electron chi connectivity index (χ3n) is 10.6. The van der Waals surface area contributed by atoms with E-state index in [2.05, 4.69) is 204 Å². The second kappa shape index (κ2) is 25.0. The molecule has 0 unspecified atom stereocenters. The van der Waals surface area contributed by atoms with E-state index in [0.717, 1.165) is 46.0 Å². The maximum absolute atomic E-state index is 2.56. The predicted molar refractivity (Wildman–Crippen MR) is 313 cm³/mol. The first kappa shape index (κ1) is 56.0. The van der Waals surface area contributed by atoms with Gasteiger partial charge in [-0.05, 0) is 117 Å². The molecular formula is C52H72S12.